The highest BCUT2D eigenvalue weighted by atomic mass is 16.5. The molecular formula is C14H26O2. The summed E-state index contributed by atoms with van der Waals surface area (Å²) in [7, 11) is 0. The highest BCUT2D eigenvalue weighted by Gasteiger charge is 2.30. The molecule has 1 aliphatic carbocycles. The largest absolute Gasteiger partial charge is 0.378 e. The van der Waals surface area contributed by atoms with Gasteiger partial charge in [0, 0.05) is 19.4 Å². The van der Waals surface area contributed by atoms with Crippen molar-refractivity contribution in [2.45, 2.75) is 71.3 Å². The molecule has 0 amide bonds. The number of unbranched alkanes of at least 4 members (excludes halogenated alkanes) is 3. The Kier molecular flexibility index (Phi) is 6.70. The van der Waals surface area contributed by atoms with Gasteiger partial charge in [-0.15, -0.1) is 0 Å². The summed E-state index contributed by atoms with van der Waals surface area (Å²) in [5, 5.41) is 0. The Hall–Kier alpha value is -0.370. The lowest BCUT2D eigenvalue weighted by Gasteiger charge is -2.34. The van der Waals surface area contributed by atoms with Gasteiger partial charge in [0.2, 0.25) is 0 Å². The Labute approximate surface area is 99.8 Å². The molecule has 94 valence electrons. The van der Waals surface area contributed by atoms with Crippen LogP contribution in [0.4, 0.5) is 0 Å². The number of Topliss-reactive ketones (excluding diaryl/α,β-unsaturated/α-hetero) is 1. The predicted octanol–water partition coefficient (Wildman–Crippen LogP) is 3.73. The normalized spacial score (nSPS) is 24.1. The fourth-order valence-electron chi connectivity index (χ4n) is 2.39. The van der Waals surface area contributed by atoms with E-state index in [2.05, 4.69) is 6.92 Å². The molecule has 1 rings (SSSR count). The molecule has 1 aliphatic rings. The summed E-state index contributed by atoms with van der Waals surface area (Å²) < 4.78 is 5.49. The van der Waals surface area contributed by atoms with Gasteiger partial charge in [-0.2, -0.15) is 0 Å². The number of ether oxygens (including phenoxy) is 1. The van der Waals surface area contributed by atoms with Crippen LogP contribution in [0, 0.1) is 5.92 Å². The monoisotopic (exact) mass is 226 g/mol. The molecule has 0 aromatic heterocycles. The maximum Gasteiger partial charge on any atom is 0.133 e. The van der Waals surface area contributed by atoms with Gasteiger partial charge in [-0.1, -0.05) is 26.2 Å². The van der Waals surface area contributed by atoms with E-state index in [1.807, 2.05) is 6.92 Å². The van der Waals surface area contributed by atoms with Crippen LogP contribution < -0.4 is 0 Å². The van der Waals surface area contributed by atoms with E-state index in [0.717, 1.165) is 38.7 Å². The van der Waals surface area contributed by atoms with E-state index in [1.165, 1.54) is 19.3 Å². The third kappa shape index (κ3) is 5.11. The maximum absolute atomic E-state index is 11.6. The number of hydrogen-bond acceptors (Lipinski definition) is 2. The quantitative estimate of drug-likeness (QED) is 0.560. The first-order valence-corrected chi connectivity index (χ1v) is 6.89. The molecule has 0 heterocycles. The van der Waals surface area contributed by atoms with Crippen LogP contribution in [0.3, 0.4) is 0 Å². The van der Waals surface area contributed by atoms with Crippen LogP contribution in [0.5, 0.6) is 0 Å². The average Bonchev–Trinajstić information content (AvgIpc) is 2.21. The van der Waals surface area contributed by atoms with Crippen LogP contribution in [0.15, 0.2) is 0 Å². The van der Waals surface area contributed by atoms with Crippen LogP contribution in [0.1, 0.15) is 65.2 Å². The van der Waals surface area contributed by atoms with Gasteiger partial charge in [0.1, 0.15) is 5.78 Å². The highest BCUT2D eigenvalue weighted by Crippen LogP contribution is 2.33. The highest BCUT2D eigenvalue weighted by molar-refractivity contribution is 5.78. The number of rotatable bonds is 9. The van der Waals surface area contributed by atoms with E-state index < -0.39 is 0 Å². The standard InChI is InChI=1S/C14H26O2/c1-3-5-6-7-8-13(15)9-12-10-14(11-12)16-4-2/h12,14H,3-11H2,1-2H3. The maximum atomic E-state index is 11.6. The third-order valence-corrected chi connectivity index (χ3v) is 3.42. The van der Waals surface area contributed by atoms with E-state index in [9.17, 15) is 4.79 Å². The van der Waals surface area contributed by atoms with Gasteiger partial charge in [0.15, 0.2) is 0 Å². The van der Waals surface area contributed by atoms with Crippen molar-refractivity contribution in [1.82, 2.24) is 0 Å². The van der Waals surface area contributed by atoms with Gasteiger partial charge in [-0.05, 0) is 32.1 Å². The Balaban J connectivity index is 1.95. The van der Waals surface area contributed by atoms with Crippen molar-refractivity contribution in [3.8, 4) is 0 Å². The Bertz CT molecular complexity index is 195. The van der Waals surface area contributed by atoms with E-state index in [4.69, 9.17) is 4.74 Å². The lowest BCUT2D eigenvalue weighted by Crippen LogP contribution is -2.32. The minimum Gasteiger partial charge on any atom is -0.378 e. The fraction of sp³-hybridized carbons (Fsp3) is 0.929. The van der Waals surface area contributed by atoms with Crippen LogP contribution in [0.25, 0.3) is 0 Å². The zero-order valence-corrected chi connectivity index (χ0v) is 10.8. The molecule has 0 unspecified atom stereocenters. The lowest BCUT2D eigenvalue weighted by molar-refractivity contribution is -0.122. The smallest absolute Gasteiger partial charge is 0.133 e. The summed E-state index contributed by atoms with van der Waals surface area (Å²) >= 11 is 0. The number of carbonyl (C=O) groups excluding carboxylic acids is 1. The molecule has 0 aromatic carbocycles. The van der Waals surface area contributed by atoms with Gasteiger partial charge in [-0.3, -0.25) is 4.79 Å². The molecular weight excluding hydrogens is 200 g/mol. The molecule has 0 bridgehead atoms. The molecule has 0 saturated heterocycles. The second-order valence-electron chi connectivity index (χ2n) is 4.97. The first-order valence-electron chi connectivity index (χ1n) is 6.89. The summed E-state index contributed by atoms with van der Waals surface area (Å²) in [4.78, 5) is 11.6. The summed E-state index contributed by atoms with van der Waals surface area (Å²) in [5.41, 5.74) is 0. The van der Waals surface area contributed by atoms with Gasteiger partial charge in [0.05, 0.1) is 6.10 Å². The first-order chi connectivity index (χ1) is 7.76. The van der Waals surface area contributed by atoms with Gasteiger partial charge in [0.25, 0.3) is 0 Å². The van der Waals surface area contributed by atoms with Gasteiger partial charge in [-0.25, -0.2) is 0 Å². The predicted molar refractivity (Wildman–Crippen MR) is 66.5 cm³/mol. The summed E-state index contributed by atoms with van der Waals surface area (Å²) in [5.74, 6) is 1.09. The molecule has 2 nitrogen and oxygen atoms in total. The molecule has 0 N–H and O–H groups in total. The second kappa shape index (κ2) is 7.83. The number of hydrogen-bond donors (Lipinski definition) is 0. The zero-order valence-electron chi connectivity index (χ0n) is 10.8. The second-order valence-corrected chi connectivity index (χ2v) is 4.97. The number of ketones is 1. The van der Waals surface area contributed by atoms with Crippen LogP contribution in [-0.4, -0.2) is 18.5 Å². The van der Waals surface area contributed by atoms with Crippen molar-refractivity contribution in [3.63, 3.8) is 0 Å². The Morgan fingerprint density at radius 3 is 2.56 bits per heavy atom. The summed E-state index contributed by atoms with van der Waals surface area (Å²) in [6.45, 7) is 5.04. The van der Waals surface area contributed by atoms with Crippen LogP contribution >= 0.6 is 0 Å². The molecule has 0 aromatic rings. The van der Waals surface area contributed by atoms with Crippen molar-refractivity contribution in [3.05, 3.63) is 0 Å². The van der Waals surface area contributed by atoms with Gasteiger partial charge >= 0.3 is 0 Å². The van der Waals surface area contributed by atoms with Crippen molar-refractivity contribution in [2.24, 2.45) is 5.92 Å². The summed E-state index contributed by atoms with van der Waals surface area (Å²) in [6.07, 6.45) is 9.08. The van der Waals surface area contributed by atoms with E-state index in [0.29, 0.717) is 17.8 Å². The lowest BCUT2D eigenvalue weighted by atomic mass is 9.78. The minimum atomic E-state index is 0.447. The van der Waals surface area contributed by atoms with Crippen molar-refractivity contribution in [1.29, 1.82) is 0 Å². The minimum absolute atomic E-state index is 0.447. The van der Waals surface area contributed by atoms with Gasteiger partial charge < -0.3 is 4.74 Å². The molecule has 0 atom stereocenters. The molecule has 16 heavy (non-hydrogen) atoms. The molecule has 0 radical (unpaired) electrons. The van der Waals surface area contributed by atoms with E-state index >= 15 is 0 Å². The third-order valence-electron chi connectivity index (χ3n) is 3.42. The summed E-state index contributed by atoms with van der Waals surface area (Å²) in [6, 6.07) is 0. The van der Waals surface area contributed by atoms with Crippen molar-refractivity contribution in [2.75, 3.05) is 6.61 Å². The van der Waals surface area contributed by atoms with E-state index in [-0.39, 0.29) is 0 Å². The molecule has 0 aliphatic heterocycles. The topological polar surface area (TPSA) is 26.3 Å². The molecule has 0 spiro atoms. The van der Waals surface area contributed by atoms with Crippen LogP contribution in [0.2, 0.25) is 0 Å². The van der Waals surface area contributed by atoms with Crippen molar-refractivity contribution < 1.29 is 9.53 Å². The zero-order chi connectivity index (χ0) is 11.8. The SMILES string of the molecule is CCCCCCC(=O)CC1CC(OCC)C1. The molecule has 2 heteroatoms. The molecule has 1 saturated carbocycles. The Morgan fingerprint density at radius 1 is 1.19 bits per heavy atom. The van der Waals surface area contributed by atoms with Crippen LogP contribution in [-0.2, 0) is 9.53 Å². The Morgan fingerprint density at radius 2 is 1.94 bits per heavy atom. The number of carbonyl (C=O) groups is 1. The van der Waals surface area contributed by atoms with E-state index in [1.54, 1.807) is 0 Å². The van der Waals surface area contributed by atoms with Crippen molar-refractivity contribution >= 4 is 5.78 Å². The first kappa shape index (κ1) is 13.7. The fourth-order valence-corrected chi connectivity index (χ4v) is 2.39. The average molecular weight is 226 g/mol. The molecule has 1 fully saturated rings.